The molecule has 0 radical (unpaired) electrons. The van der Waals surface area contributed by atoms with E-state index in [0.29, 0.717) is 0 Å². The molecule has 0 bridgehead atoms. The zero-order valence-electron chi connectivity index (χ0n) is 9.63. The van der Waals surface area contributed by atoms with Gasteiger partial charge >= 0.3 is 0 Å². The number of aromatic nitrogens is 3. The highest BCUT2D eigenvalue weighted by Gasteiger charge is 2.01. The lowest BCUT2D eigenvalue weighted by molar-refractivity contribution is -0.118. The van der Waals surface area contributed by atoms with Gasteiger partial charge in [-0.05, 0) is 11.6 Å². The fourth-order valence-corrected chi connectivity index (χ4v) is 1.57. The second-order valence-electron chi connectivity index (χ2n) is 3.93. The van der Waals surface area contributed by atoms with Crippen LogP contribution < -0.4 is 11.1 Å². The first-order chi connectivity index (χ1) is 8.13. The van der Waals surface area contributed by atoms with Crippen molar-refractivity contribution in [3.05, 3.63) is 36.4 Å². The van der Waals surface area contributed by atoms with Gasteiger partial charge in [0.2, 0.25) is 5.91 Å². The molecule has 2 aromatic heterocycles. The van der Waals surface area contributed by atoms with Crippen LogP contribution in [0.2, 0.25) is 0 Å². The molecule has 0 atom stereocenters. The van der Waals surface area contributed by atoms with Crippen LogP contribution in [-0.2, 0) is 24.9 Å². The number of anilines is 1. The Kier molecular flexibility index (Phi) is 3.13. The number of carbonyl (C=O) groups excluding carboxylic acids is 1. The van der Waals surface area contributed by atoms with Crippen LogP contribution in [0.3, 0.4) is 0 Å². The first-order valence-corrected chi connectivity index (χ1v) is 5.29. The molecule has 2 rings (SSSR count). The number of primary amides is 1. The molecule has 0 spiro atoms. The quantitative estimate of drug-likeness (QED) is 0.780. The molecule has 6 nitrogen and oxygen atoms in total. The lowest BCUT2D eigenvalue weighted by Gasteiger charge is -2.00. The van der Waals surface area contributed by atoms with Crippen molar-refractivity contribution >= 4 is 11.6 Å². The fraction of sp³-hybridized carbons (Fsp3) is 0.273. The van der Waals surface area contributed by atoms with E-state index in [1.165, 1.54) is 10.2 Å². The molecule has 0 aliphatic rings. The minimum Gasteiger partial charge on any atom is -0.378 e. The maximum absolute atomic E-state index is 10.7. The molecular formula is C11H15N5O. The van der Waals surface area contributed by atoms with Crippen molar-refractivity contribution in [1.29, 1.82) is 0 Å². The molecule has 0 aliphatic heterocycles. The van der Waals surface area contributed by atoms with Gasteiger partial charge in [-0.25, -0.2) is 0 Å². The van der Waals surface area contributed by atoms with E-state index in [2.05, 4.69) is 10.4 Å². The number of nitrogens with two attached hydrogens (primary N) is 1. The molecule has 17 heavy (non-hydrogen) atoms. The van der Waals surface area contributed by atoms with E-state index in [4.69, 9.17) is 5.73 Å². The molecule has 0 saturated heterocycles. The van der Waals surface area contributed by atoms with Crippen molar-refractivity contribution in [1.82, 2.24) is 14.3 Å². The van der Waals surface area contributed by atoms with Crippen molar-refractivity contribution in [2.75, 3.05) is 5.32 Å². The van der Waals surface area contributed by atoms with Crippen LogP contribution in [-0.4, -0.2) is 20.3 Å². The van der Waals surface area contributed by atoms with Crippen molar-refractivity contribution in [2.24, 2.45) is 12.8 Å². The van der Waals surface area contributed by atoms with Gasteiger partial charge in [-0.1, -0.05) is 0 Å². The van der Waals surface area contributed by atoms with E-state index in [0.717, 1.165) is 12.2 Å². The Morgan fingerprint density at radius 2 is 2.35 bits per heavy atom. The Balaban J connectivity index is 1.91. The fourth-order valence-electron chi connectivity index (χ4n) is 1.57. The zero-order chi connectivity index (χ0) is 12.3. The molecule has 2 aromatic rings. The van der Waals surface area contributed by atoms with Gasteiger partial charge in [0.1, 0.15) is 6.54 Å². The van der Waals surface area contributed by atoms with E-state index >= 15 is 0 Å². The van der Waals surface area contributed by atoms with Crippen LogP contribution in [0.4, 0.5) is 5.69 Å². The third-order valence-corrected chi connectivity index (χ3v) is 2.34. The smallest absolute Gasteiger partial charge is 0.239 e. The third kappa shape index (κ3) is 3.10. The summed E-state index contributed by atoms with van der Waals surface area (Å²) in [6.45, 7) is 0.829. The lowest BCUT2D eigenvalue weighted by Crippen LogP contribution is -2.18. The summed E-state index contributed by atoms with van der Waals surface area (Å²) in [5, 5.41) is 7.24. The molecular weight excluding hydrogens is 218 g/mol. The molecule has 0 aromatic carbocycles. The first kappa shape index (κ1) is 11.3. The van der Waals surface area contributed by atoms with E-state index in [1.807, 2.05) is 30.1 Å². The summed E-state index contributed by atoms with van der Waals surface area (Å²) < 4.78 is 3.50. The van der Waals surface area contributed by atoms with Gasteiger partial charge in [0.25, 0.3) is 0 Å². The van der Waals surface area contributed by atoms with Gasteiger partial charge in [-0.3, -0.25) is 9.48 Å². The van der Waals surface area contributed by atoms with Gasteiger partial charge < -0.3 is 15.6 Å². The normalized spacial score (nSPS) is 10.4. The number of carbonyl (C=O) groups is 1. The Morgan fingerprint density at radius 3 is 3.00 bits per heavy atom. The Morgan fingerprint density at radius 1 is 1.53 bits per heavy atom. The molecule has 0 fully saturated rings. The first-order valence-electron chi connectivity index (χ1n) is 5.29. The maximum Gasteiger partial charge on any atom is 0.239 e. The highest BCUT2D eigenvalue weighted by molar-refractivity contribution is 5.73. The van der Waals surface area contributed by atoms with Crippen LogP contribution in [0.25, 0.3) is 0 Å². The average molecular weight is 233 g/mol. The van der Waals surface area contributed by atoms with Crippen LogP contribution in [0.15, 0.2) is 30.9 Å². The number of nitrogens with zero attached hydrogens (tertiary/aromatic N) is 3. The number of amides is 1. The predicted molar refractivity (Wildman–Crippen MR) is 64.2 cm³/mol. The Labute approximate surface area is 99.0 Å². The number of nitrogens with one attached hydrogen (secondary N) is 1. The second kappa shape index (κ2) is 4.73. The molecule has 0 aliphatic carbocycles. The molecule has 1 amide bonds. The van der Waals surface area contributed by atoms with Crippen LogP contribution in [0.1, 0.15) is 5.56 Å². The monoisotopic (exact) mass is 233 g/mol. The standard InChI is InChI=1S/C11H15N5O/c1-15-3-2-9(6-15)4-13-10-5-14-16(7-10)8-11(12)17/h2-3,5-7,13H,4,8H2,1H3,(H2,12,17). The van der Waals surface area contributed by atoms with Crippen molar-refractivity contribution < 1.29 is 4.79 Å². The summed E-state index contributed by atoms with van der Waals surface area (Å²) in [7, 11) is 1.98. The third-order valence-electron chi connectivity index (χ3n) is 2.34. The predicted octanol–water partition coefficient (Wildman–Crippen LogP) is 0.319. The van der Waals surface area contributed by atoms with Crippen LogP contribution in [0.5, 0.6) is 0 Å². The highest BCUT2D eigenvalue weighted by Crippen LogP contribution is 2.08. The second-order valence-corrected chi connectivity index (χ2v) is 3.93. The number of hydrogen-bond donors (Lipinski definition) is 2. The van der Waals surface area contributed by atoms with E-state index in [-0.39, 0.29) is 6.54 Å². The Bertz CT molecular complexity index is 513. The number of rotatable bonds is 5. The topological polar surface area (TPSA) is 77.9 Å². The molecule has 90 valence electrons. The largest absolute Gasteiger partial charge is 0.378 e. The summed E-state index contributed by atoms with van der Waals surface area (Å²) in [4.78, 5) is 10.7. The summed E-state index contributed by atoms with van der Waals surface area (Å²) in [5.74, 6) is -0.400. The molecule has 2 heterocycles. The Hall–Kier alpha value is -2.24. The summed E-state index contributed by atoms with van der Waals surface area (Å²) >= 11 is 0. The minimum absolute atomic E-state index is 0.104. The maximum atomic E-state index is 10.7. The van der Waals surface area contributed by atoms with Gasteiger partial charge in [0, 0.05) is 32.2 Å². The highest BCUT2D eigenvalue weighted by atomic mass is 16.1. The SMILES string of the molecule is Cn1ccc(CNc2cnn(CC(N)=O)c2)c1. The van der Waals surface area contributed by atoms with Gasteiger partial charge in [0.05, 0.1) is 11.9 Å². The molecule has 0 saturated carbocycles. The van der Waals surface area contributed by atoms with Gasteiger partial charge in [-0.2, -0.15) is 5.10 Å². The summed E-state index contributed by atoms with van der Waals surface area (Å²) in [6, 6.07) is 2.04. The van der Waals surface area contributed by atoms with E-state index < -0.39 is 5.91 Å². The van der Waals surface area contributed by atoms with Gasteiger partial charge in [-0.15, -0.1) is 0 Å². The van der Waals surface area contributed by atoms with Crippen LogP contribution in [0, 0.1) is 0 Å². The molecule has 3 N–H and O–H groups in total. The molecule has 0 unspecified atom stereocenters. The van der Waals surface area contributed by atoms with Crippen molar-refractivity contribution in [3.63, 3.8) is 0 Å². The minimum atomic E-state index is -0.400. The summed E-state index contributed by atoms with van der Waals surface area (Å²) in [5.41, 5.74) is 7.14. The van der Waals surface area contributed by atoms with Crippen molar-refractivity contribution in [3.8, 4) is 0 Å². The number of hydrogen-bond acceptors (Lipinski definition) is 3. The zero-order valence-corrected chi connectivity index (χ0v) is 9.63. The lowest BCUT2D eigenvalue weighted by atomic mass is 10.3. The van der Waals surface area contributed by atoms with Crippen LogP contribution >= 0.6 is 0 Å². The average Bonchev–Trinajstić information content (AvgIpc) is 2.84. The van der Waals surface area contributed by atoms with Gasteiger partial charge in [0.15, 0.2) is 0 Å². The molecule has 6 heteroatoms. The van der Waals surface area contributed by atoms with Crippen molar-refractivity contribution in [2.45, 2.75) is 13.1 Å². The number of aryl methyl sites for hydroxylation is 1. The van der Waals surface area contributed by atoms with E-state index in [1.54, 1.807) is 12.4 Å². The summed E-state index contributed by atoms with van der Waals surface area (Å²) in [6.07, 6.45) is 7.47. The van der Waals surface area contributed by atoms with E-state index in [9.17, 15) is 4.79 Å².